The number of aryl methyl sites for hydroxylation is 2. The van der Waals surface area contributed by atoms with Gasteiger partial charge in [-0.15, -0.1) is 0 Å². The van der Waals surface area contributed by atoms with E-state index in [9.17, 15) is 5.11 Å². The normalized spacial score (nSPS) is 14.8. The van der Waals surface area contributed by atoms with Crippen molar-refractivity contribution in [3.8, 4) is 0 Å². The summed E-state index contributed by atoms with van der Waals surface area (Å²) in [6.07, 6.45) is 3.06. The third kappa shape index (κ3) is 3.84. The molecule has 0 fully saturated rings. The molecule has 1 aromatic heterocycles. The van der Waals surface area contributed by atoms with Gasteiger partial charge in [0.25, 0.3) is 0 Å². The molecule has 0 spiro atoms. The van der Waals surface area contributed by atoms with E-state index in [1.807, 2.05) is 0 Å². The van der Waals surface area contributed by atoms with Gasteiger partial charge in [-0.3, -0.25) is 9.78 Å². The highest BCUT2D eigenvalue weighted by molar-refractivity contribution is 7.71. The molecule has 1 atom stereocenters. The Labute approximate surface area is 137 Å². The smallest absolute Gasteiger partial charge is 0.215 e. The molecule has 0 radical (unpaired) electrons. The molecule has 1 unspecified atom stereocenters. The molecule has 0 saturated carbocycles. The number of aromatic nitrogens is 3. The van der Waals surface area contributed by atoms with Crippen LogP contribution in [-0.2, 0) is 13.0 Å². The summed E-state index contributed by atoms with van der Waals surface area (Å²) in [5, 5.41) is 14.2. The molecule has 22 heavy (non-hydrogen) atoms. The molecule has 0 aliphatic rings. The van der Waals surface area contributed by atoms with Crippen molar-refractivity contribution in [1.82, 2.24) is 14.8 Å². The largest absolute Gasteiger partial charge is 0.387 e. The summed E-state index contributed by atoms with van der Waals surface area (Å²) in [7, 11) is 0. The Balaban J connectivity index is 2.17. The van der Waals surface area contributed by atoms with Crippen LogP contribution in [0, 0.1) is 17.1 Å². The predicted molar refractivity (Wildman–Crippen MR) is 91.3 cm³/mol. The minimum Gasteiger partial charge on any atom is -0.387 e. The molecule has 0 aliphatic heterocycles. The second kappa shape index (κ2) is 6.34. The third-order valence-electron chi connectivity index (χ3n) is 4.38. The van der Waals surface area contributed by atoms with Crippen molar-refractivity contribution in [2.75, 3.05) is 0 Å². The SMILES string of the molecule is Cc1ccc(CCC(O)(Cn2[nH]cnc2=S)C(C)(C)C)cc1. The molecule has 0 amide bonds. The van der Waals surface area contributed by atoms with E-state index >= 15 is 0 Å². The van der Waals surface area contributed by atoms with E-state index in [0.29, 0.717) is 17.7 Å². The van der Waals surface area contributed by atoms with Gasteiger partial charge in [-0.25, -0.2) is 4.98 Å². The molecule has 1 heterocycles. The van der Waals surface area contributed by atoms with E-state index in [-0.39, 0.29) is 5.41 Å². The fraction of sp³-hybridized carbons (Fsp3) is 0.529. The van der Waals surface area contributed by atoms with Gasteiger partial charge < -0.3 is 5.11 Å². The molecule has 4 nitrogen and oxygen atoms in total. The first-order chi connectivity index (χ1) is 10.2. The fourth-order valence-corrected chi connectivity index (χ4v) is 2.62. The van der Waals surface area contributed by atoms with Crippen LogP contribution in [-0.4, -0.2) is 25.5 Å². The minimum atomic E-state index is -0.872. The van der Waals surface area contributed by atoms with Crippen molar-refractivity contribution in [2.45, 2.75) is 52.7 Å². The first-order valence-corrected chi connectivity index (χ1v) is 8.00. The molecule has 0 bridgehead atoms. The number of hydrogen-bond acceptors (Lipinski definition) is 3. The predicted octanol–water partition coefficient (Wildman–Crippen LogP) is 3.66. The number of nitrogens with one attached hydrogen (secondary N) is 1. The average Bonchev–Trinajstić information content (AvgIpc) is 2.82. The standard InChI is InChI=1S/C17H25N3OS/c1-13-5-7-14(8-6-13)9-10-17(21,16(2,3)4)11-20-15(22)18-12-19-20/h5-8,12,21H,9-11H2,1-4H3,(H,18,19,22). The van der Waals surface area contributed by atoms with E-state index in [0.717, 1.165) is 6.42 Å². The highest BCUT2D eigenvalue weighted by Gasteiger charge is 2.40. The average molecular weight is 319 g/mol. The second-order valence-electron chi connectivity index (χ2n) is 7.02. The zero-order valence-electron chi connectivity index (χ0n) is 13.8. The van der Waals surface area contributed by atoms with Gasteiger partial charge in [0.2, 0.25) is 4.77 Å². The first kappa shape index (κ1) is 16.9. The van der Waals surface area contributed by atoms with E-state index in [1.165, 1.54) is 11.1 Å². The van der Waals surface area contributed by atoms with Crippen molar-refractivity contribution >= 4 is 12.2 Å². The second-order valence-corrected chi connectivity index (χ2v) is 7.39. The minimum absolute atomic E-state index is 0.266. The van der Waals surface area contributed by atoms with Crippen LogP contribution in [0.15, 0.2) is 30.6 Å². The van der Waals surface area contributed by atoms with E-state index < -0.39 is 5.60 Å². The van der Waals surface area contributed by atoms with Crippen molar-refractivity contribution in [3.05, 3.63) is 46.5 Å². The van der Waals surface area contributed by atoms with Gasteiger partial charge in [0.15, 0.2) is 0 Å². The van der Waals surface area contributed by atoms with E-state index in [2.05, 4.69) is 62.0 Å². The molecule has 2 rings (SSSR count). The Kier molecular flexibility index (Phi) is 4.87. The summed E-state index contributed by atoms with van der Waals surface area (Å²) in [5.41, 5.74) is 1.35. The van der Waals surface area contributed by atoms with Crippen molar-refractivity contribution in [3.63, 3.8) is 0 Å². The molecule has 0 aliphatic carbocycles. The van der Waals surface area contributed by atoms with Gasteiger partial charge >= 0.3 is 0 Å². The zero-order chi connectivity index (χ0) is 16.4. The number of H-pyrrole nitrogens is 1. The maximum atomic E-state index is 11.2. The number of benzene rings is 1. The molecule has 120 valence electrons. The lowest BCUT2D eigenvalue weighted by molar-refractivity contribution is -0.0798. The number of rotatable bonds is 5. The quantitative estimate of drug-likeness (QED) is 0.827. The van der Waals surface area contributed by atoms with Gasteiger partial charge in [-0.1, -0.05) is 50.6 Å². The van der Waals surface area contributed by atoms with Crippen molar-refractivity contribution in [2.24, 2.45) is 5.41 Å². The lowest BCUT2D eigenvalue weighted by Crippen LogP contribution is -2.47. The molecule has 0 saturated heterocycles. The van der Waals surface area contributed by atoms with Gasteiger partial charge in [0, 0.05) is 0 Å². The number of hydrogen-bond donors (Lipinski definition) is 2. The van der Waals surface area contributed by atoms with E-state index in [1.54, 1.807) is 11.0 Å². The first-order valence-electron chi connectivity index (χ1n) is 7.59. The summed E-state index contributed by atoms with van der Waals surface area (Å²) >= 11 is 5.18. The lowest BCUT2D eigenvalue weighted by Gasteiger charge is -2.40. The van der Waals surface area contributed by atoms with Crippen LogP contribution in [0.4, 0.5) is 0 Å². The van der Waals surface area contributed by atoms with Crippen molar-refractivity contribution < 1.29 is 5.11 Å². The topological polar surface area (TPSA) is 53.8 Å². The Hall–Kier alpha value is -1.46. The number of nitrogens with zero attached hydrogens (tertiary/aromatic N) is 2. The third-order valence-corrected chi connectivity index (χ3v) is 4.71. The summed E-state index contributed by atoms with van der Waals surface area (Å²) in [4.78, 5) is 4.02. The number of aromatic amines is 1. The zero-order valence-corrected chi connectivity index (χ0v) is 14.6. The fourth-order valence-electron chi connectivity index (χ4n) is 2.45. The molecule has 5 heteroatoms. The lowest BCUT2D eigenvalue weighted by atomic mass is 9.73. The Bertz CT molecular complexity index is 666. The summed E-state index contributed by atoms with van der Waals surface area (Å²) in [6, 6.07) is 8.47. The van der Waals surface area contributed by atoms with Gasteiger partial charge in [0.1, 0.15) is 6.33 Å². The Morgan fingerprint density at radius 2 is 1.86 bits per heavy atom. The van der Waals surface area contributed by atoms with Gasteiger partial charge in [0.05, 0.1) is 12.1 Å². The molecule has 2 N–H and O–H groups in total. The van der Waals surface area contributed by atoms with Crippen LogP contribution in [0.3, 0.4) is 0 Å². The Morgan fingerprint density at radius 3 is 2.36 bits per heavy atom. The van der Waals surface area contributed by atoms with Crippen molar-refractivity contribution in [1.29, 1.82) is 0 Å². The monoisotopic (exact) mass is 319 g/mol. The summed E-state index contributed by atoms with van der Waals surface area (Å²) in [6.45, 7) is 8.67. The van der Waals surface area contributed by atoms with Crippen LogP contribution in [0.5, 0.6) is 0 Å². The highest BCUT2D eigenvalue weighted by Crippen LogP contribution is 2.35. The Morgan fingerprint density at radius 1 is 1.23 bits per heavy atom. The molecular formula is C17H25N3OS. The maximum Gasteiger partial charge on any atom is 0.215 e. The van der Waals surface area contributed by atoms with E-state index in [4.69, 9.17) is 12.2 Å². The molecule has 2 aromatic rings. The van der Waals surface area contributed by atoms with Crippen LogP contribution in [0.1, 0.15) is 38.3 Å². The highest BCUT2D eigenvalue weighted by atomic mass is 32.1. The van der Waals surface area contributed by atoms with Crippen LogP contribution < -0.4 is 0 Å². The maximum absolute atomic E-state index is 11.2. The van der Waals surface area contributed by atoms with Gasteiger partial charge in [-0.05, 0) is 43.0 Å². The van der Waals surface area contributed by atoms with Crippen LogP contribution in [0.25, 0.3) is 0 Å². The van der Waals surface area contributed by atoms with Crippen LogP contribution >= 0.6 is 12.2 Å². The molecule has 1 aromatic carbocycles. The summed E-state index contributed by atoms with van der Waals surface area (Å²) in [5.74, 6) is 0. The van der Waals surface area contributed by atoms with Gasteiger partial charge in [-0.2, -0.15) is 0 Å². The number of aliphatic hydroxyl groups is 1. The molecular weight excluding hydrogens is 294 g/mol. The summed E-state index contributed by atoms with van der Waals surface area (Å²) < 4.78 is 2.20. The van der Waals surface area contributed by atoms with Crippen LogP contribution in [0.2, 0.25) is 0 Å².